The van der Waals surface area contributed by atoms with Crippen molar-refractivity contribution in [2.24, 2.45) is 5.73 Å². The zero-order chi connectivity index (χ0) is 14.2. The smallest absolute Gasteiger partial charge is 0.180 e. The quantitative estimate of drug-likeness (QED) is 0.903. The molecule has 0 atom stereocenters. The molecule has 0 radical (unpaired) electrons. The van der Waals surface area contributed by atoms with E-state index in [1.54, 1.807) is 0 Å². The SMILES string of the molecule is CCc1c(C2(N)CCCCC2)cc(Cl)c2c1OCCO2. The van der Waals surface area contributed by atoms with Crippen LogP contribution in [0.3, 0.4) is 0 Å². The van der Waals surface area contributed by atoms with Crippen molar-refractivity contribution in [3.05, 3.63) is 22.2 Å². The lowest BCUT2D eigenvalue weighted by molar-refractivity contribution is 0.169. The van der Waals surface area contributed by atoms with E-state index in [0.717, 1.165) is 30.6 Å². The van der Waals surface area contributed by atoms with Gasteiger partial charge in [-0.05, 0) is 30.9 Å². The van der Waals surface area contributed by atoms with Crippen molar-refractivity contribution in [1.82, 2.24) is 0 Å². The molecule has 0 aromatic heterocycles. The molecule has 4 heteroatoms. The Hall–Kier alpha value is -0.930. The van der Waals surface area contributed by atoms with Crippen molar-refractivity contribution in [2.75, 3.05) is 13.2 Å². The Bertz CT molecular complexity index is 510. The number of ether oxygens (including phenoxy) is 2. The predicted molar refractivity (Wildman–Crippen MR) is 80.8 cm³/mol. The summed E-state index contributed by atoms with van der Waals surface area (Å²) in [5, 5.41) is 0.627. The first-order valence-corrected chi connectivity index (χ1v) is 7.94. The Balaban J connectivity index is 2.12. The molecule has 2 aliphatic rings. The fraction of sp³-hybridized carbons (Fsp3) is 0.625. The van der Waals surface area contributed by atoms with Gasteiger partial charge in [0.05, 0.1) is 5.02 Å². The van der Waals surface area contributed by atoms with Gasteiger partial charge in [-0.25, -0.2) is 0 Å². The number of hydrogen-bond donors (Lipinski definition) is 1. The van der Waals surface area contributed by atoms with Gasteiger partial charge in [-0.1, -0.05) is 37.8 Å². The van der Waals surface area contributed by atoms with Crippen molar-refractivity contribution >= 4 is 11.6 Å². The molecule has 1 aliphatic heterocycles. The maximum atomic E-state index is 6.70. The van der Waals surface area contributed by atoms with E-state index >= 15 is 0 Å². The molecule has 0 spiro atoms. The molecule has 2 N–H and O–H groups in total. The van der Waals surface area contributed by atoms with Gasteiger partial charge in [0.1, 0.15) is 13.2 Å². The van der Waals surface area contributed by atoms with Crippen molar-refractivity contribution < 1.29 is 9.47 Å². The van der Waals surface area contributed by atoms with E-state index in [9.17, 15) is 0 Å². The minimum Gasteiger partial charge on any atom is -0.486 e. The molecule has 0 amide bonds. The standard InChI is InChI=1S/C16H22ClNO2/c1-2-11-12(16(18)6-4-3-5-7-16)10-13(17)15-14(11)19-8-9-20-15/h10H,2-9,18H2,1H3. The summed E-state index contributed by atoms with van der Waals surface area (Å²) in [5.41, 5.74) is 8.78. The van der Waals surface area contributed by atoms with Gasteiger partial charge < -0.3 is 15.2 Å². The monoisotopic (exact) mass is 295 g/mol. The summed E-state index contributed by atoms with van der Waals surface area (Å²) in [6.07, 6.45) is 6.58. The Morgan fingerprint density at radius 1 is 1.15 bits per heavy atom. The molecule has 0 unspecified atom stereocenters. The lowest BCUT2D eigenvalue weighted by atomic mass is 9.75. The van der Waals surface area contributed by atoms with E-state index in [4.69, 9.17) is 26.8 Å². The Morgan fingerprint density at radius 3 is 2.45 bits per heavy atom. The van der Waals surface area contributed by atoms with E-state index in [1.165, 1.54) is 24.8 Å². The molecule has 1 saturated carbocycles. The molecule has 3 rings (SSSR count). The maximum Gasteiger partial charge on any atom is 0.180 e. The molecular weight excluding hydrogens is 274 g/mol. The molecule has 1 aromatic rings. The van der Waals surface area contributed by atoms with Crippen molar-refractivity contribution in [1.29, 1.82) is 0 Å². The van der Waals surface area contributed by atoms with E-state index in [1.807, 2.05) is 6.07 Å². The average Bonchev–Trinajstić information content (AvgIpc) is 2.48. The summed E-state index contributed by atoms with van der Waals surface area (Å²) in [7, 11) is 0. The Morgan fingerprint density at radius 2 is 1.80 bits per heavy atom. The highest BCUT2D eigenvalue weighted by Gasteiger charge is 2.34. The third kappa shape index (κ3) is 2.27. The normalized spacial score (nSPS) is 20.8. The summed E-state index contributed by atoms with van der Waals surface area (Å²) in [4.78, 5) is 0. The van der Waals surface area contributed by atoms with Gasteiger partial charge in [0.25, 0.3) is 0 Å². The summed E-state index contributed by atoms with van der Waals surface area (Å²) < 4.78 is 11.5. The van der Waals surface area contributed by atoms with Gasteiger partial charge in [-0.3, -0.25) is 0 Å². The van der Waals surface area contributed by atoms with Gasteiger partial charge in [-0.2, -0.15) is 0 Å². The third-order valence-corrected chi connectivity index (χ3v) is 4.79. The van der Waals surface area contributed by atoms with Crippen LogP contribution in [0.4, 0.5) is 0 Å². The van der Waals surface area contributed by atoms with E-state index in [0.29, 0.717) is 24.0 Å². The molecule has 1 heterocycles. The van der Waals surface area contributed by atoms with E-state index in [-0.39, 0.29) is 5.54 Å². The first kappa shape index (κ1) is 14.0. The van der Waals surface area contributed by atoms with Crippen LogP contribution in [-0.4, -0.2) is 13.2 Å². The van der Waals surface area contributed by atoms with Crippen LogP contribution >= 0.6 is 11.6 Å². The molecule has 3 nitrogen and oxygen atoms in total. The topological polar surface area (TPSA) is 44.5 Å². The molecule has 20 heavy (non-hydrogen) atoms. The fourth-order valence-corrected chi connectivity index (χ4v) is 3.72. The van der Waals surface area contributed by atoms with Crippen molar-refractivity contribution in [2.45, 2.75) is 51.0 Å². The van der Waals surface area contributed by atoms with Gasteiger partial charge in [0, 0.05) is 11.1 Å². The lowest BCUT2D eigenvalue weighted by Gasteiger charge is -2.37. The summed E-state index contributed by atoms with van der Waals surface area (Å²) in [6, 6.07) is 2.01. The van der Waals surface area contributed by atoms with Crippen LogP contribution < -0.4 is 15.2 Å². The lowest BCUT2D eigenvalue weighted by Crippen LogP contribution is -2.39. The van der Waals surface area contributed by atoms with Crippen LogP contribution in [0.25, 0.3) is 0 Å². The molecule has 1 fully saturated rings. The number of nitrogens with two attached hydrogens (primary N) is 1. The average molecular weight is 296 g/mol. The highest BCUT2D eigenvalue weighted by Crippen LogP contribution is 2.47. The molecule has 0 bridgehead atoms. The van der Waals surface area contributed by atoms with Crippen LogP contribution in [0.15, 0.2) is 6.07 Å². The number of halogens is 1. The highest BCUT2D eigenvalue weighted by molar-refractivity contribution is 6.32. The largest absolute Gasteiger partial charge is 0.486 e. The van der Waals surface area contributed by atoms with Gasteiger partial charge in [-0.15, -0.1) is 0 Å². The minimum atomic E-state index is -0.261. The molecule has 1 aliphatic carbocycles. The summed E-state index contributed by atoms with van der Waals surface area (Å²) >= 11 is 6.40. The second-order valence-corrected chi connectivity index (χ2v) is 6.22. The van der Waals surface area contributed by atoms with Crippen LogP contribution in [0.5, 0.6) is 11.5 Å². The highest BCUT2D eigenvalue weighted by atomic mass is 35.5. The number of rotatable bonds is 2. The molecule has 0 saturated heterocycles. The van der Waals surface area contributed by atoms with Crippen LogP contribution in [0.2, 0.25) is 5.02 Å². The van der Waals surface area contributed by atoms with E-state index < -0.39 is 0 Å². The Kier molecular flexibility index (Phi) is 3.83. The summed E-state index contributed by atoms with van der Waals surface area (Å²) in [6.45, 7) is 3.28. The molecule has 110 valence electrons. The van der Waals surface area contributed by atoms with Crippen LogP contribution in [0.1, 0.15) is 50.2 Å². The minimum absolute atomic E-state index is 0.261. The zero-order valence-corrected chi connectivity index (χ0v) is 12.8. The summed E-state index contributed by atoms with van der Waals surface area (Å²) in [5.74, 6) is 1.51. The number of hydrogen-bond acceptors (Lipinski definition) is 3. The van der Waals surface area contributed by atoms with Crippen LogP contribution in [-0.2, 0) is 12.0 Å². The Labute approximate surface area is 125 Å². The predicted octanol–water partition coefficient (Wildman–Crippen LogP) is 3.79. The van der Waals surface area contributed by atoms with Crippen LogP contribution in [0, 0.1) is 0 Å². The molecule has 1 aromatic carbocycles. The second-order valence-electron chi connectivity index (χ2n) is 5.81. The molecular formula is C16H22ClNO2. The fourth-order valence-electron chi connectivity index (χ4n) is 3.47. The first-order chi connectivity index (χ1) is 9.65. The van der Waals surface area contributed by atoms with Gasteiger partial charge >= 0.3 is 0 Å². The zero-order valence-electron chi connectivity index (χ0n) is 12.0. The van der Waals surface area contributed by atoms with Crippen molar-refractivity contribution in [3.8, 4) is 11.5 Å². The van der Waals surface area contributed by atoms with Gasteiger partial charge in [0.15, 0.2) is 11.5 Å². The van der Waals surface area contributed by atoms with Crippen molar-refractivity contribution in [3.63, 3.8) is 0 Å². The second kappa shape index (κ2) is 5.45. The number of fused-ring (bicyclic) bond motifs is 1. The first-order valence-electron chi connectivity index (χ1n) is 7.56. The van der Waals surface area contributed by atoms with Gasteiger partial charge in [0.2, 0.25) is 0 Å². The number of benzene rings is 1. The van der Waals surface area contributed by atoms with E-state index in [2.05, 4.69) is 6.92 Å². The maximum absolute atomic E-state index is 6.70. The third-order valence-electron chi connectivity index (χ3n) is 4.51.